The van der Waals surface area contributed by atoms with E-state index in [1.54, 1.807) is 6.20 Å². The molecule has 1 aromatic carbocycles. The summed E-state index contributed by atoms with van der Waals surface area (Å²) in [5.41, 5.74) is 2.30. The standard InChI is InChI=1S/C22H25ClN4O/c23-18-5-6-20-19(13-18)21(17(14-24)15-25-20)26-11-7-16(8-12-26)22(28)27-9-3-1-2-4-10-27/h5-6,13,15-16H,1-4,7-12H2. The van der Waals surface area contributed by atoms with Crippen molar-refractivity contribution < 1.29 is 4.79 Å². The molecule has 0 spiro atoms. The summed E-state index contributed by atoms with van der Waals surface area (Å²) in [4.78, 5) is 21.7. The largest absolute Gasteiger partial charge is 0.370 e. The monoisotopic (exact) mass is 396 g/mol. The van der Waals surface area contributed by atoms with E-state index in [2.05, 4.69) is 20.9 Å². The summed E-state index contributed by atoms with van der Waals surface area (Å²) >= 11 is 6.21. The Morgan fingerprint density at radius 3 is 2.50 bits per heavy atom. The first-order chi connectivity index (χ1) is 13.7. The van der Waals surface area contributed by atoms with Gasteiger partial charge in [-0.05, 0) is 43.9 Å². The number of halogens is 1. The van der Waals surface area contributed by atoms with Gasteiger partial charge in [0.25, 0.3) is 0 Å². The van der Waals surface area contributed by atoms with Crippen LogP contribution in [0.2, 0.25) is 5.02 Å². The second-order valence-electron chi connectivity index (χ2n) is 7.79. The summed E-state index contributed by atoms with van der Waals surface area (Å²) in [6.07, 6.45) is 8.00. The molecule has 0 bridgehead atoms. The van der Waals surface area contributed by atoms with E-state index < -0.39 is 0 Å². The summed E-state index contributed by atoms with van der Waals surface area (Å²) < 4.78 is 0. The third-order valence-electron chi connectivity index (χ3n) is 6.00. The molecule has 0 atom stereocenters. The number of carbonyl (C=O) groups excluding carboxylic acids is 1. The second-order valence-corrected chi connectivity index (χ2v) is 8.23. The van der Waals surface area contributed by atoms with E-state index in [1.807, 2.05) is 18.2 Å². The number of anilines is 1. The maximum Gasteiger partial charge on any atom is 0.225 e. The highest BCUT2D eigenvalue weighted by Crippen LogP contribution is 2.34. The first kappa shape index (κ1) is 19.0. The predicted octanol–water partition coefficient (Wildman–Crippen LogP) is 4.38. The lowest BCUT2D eigenvalue weighted by atomic mass is 9.94. The number of fused-ring (bicyclic) bond motifs is 1. The van der Waals surface area contributed by atoms with E-state index in [9.17, 15) is 10.1 Å². The molecular weight excluding hydrogens is 372 g/mol. The van der Waals surface area contributed by atoms with Crippen LogP contribution >= 0.6 is 11.6 Å². The molecular formula is C22H25ClN4O. The first-order valence-electron chi connectivity index (χ1n) is 10.2. The summed E-state index contributed by atoms with van der Waals surface area (Å²) in [5, 5.41) is 11.1. The summed E-state index contributed by atoms with van der Waals surface area (Å²) in [6, 6.07) is 7.86. The SMILES string of the molecule is N#Cc1cnc2ccc(Cl)cc2c1N1CCC(C(=O)N2CCCCCC2)CC1. The molecule has 2 aromatic rings. The third kappa shape index (κ3) is 3.79. The zero-order valence-electron chi connectivity index (χ0n) is 16.0. The maximum atomic E-state index is 13.0. The molecule has 28 heavy (non-hydrogen) atoms. The van der Waals surface area contributed by atoms with E-state index in [0.29, 0.717) is 16.5 Å². The Morgan fingerprint density at radius 2 is 1.82 bits per heavy atom. The van der Waals surface area contributed by atoms with Gasteiger partial charge in [-0.15, -0.1) is 0 Å². The number of amides is 1. The number of likely N-dealkylation sites (tertiary alicyclic amines) is 1. The number of benzene rings is 1. The van der Waals surface area contributed by atoms with Crippen LogP contribution in [0.3, 0.4) is 0 Å². The third-order valence-corrected chi connectivity index (χ3v) is 6.24. The van der Waals surface area contributed by atoms with Crippen molar-refractivity contribution in [2.75, 3.05) is 31.1 Å². The summed E-state index contributed by atoms with van der Waals surface area (Å²) in [5.74, 6) is 0.418. The van der Waals surface area contributed by atoms with Crippen LogP contribution < -0.4 is 4.90 Å². The zero-order valence-corrected chi connectivity index (χ0v) is 16.8. The van der Waals surface area contributed by atoms with E-state index in [-0.39, 0.29) is 5.92 Å². The molecule has 6 heteroatoms. The minimum atomic E-state index is 0.0941. The number of nitriles is 1. The Balaban J connectivity index is 1.53. The normalized spacial score (nSPS) is 18.7. The van der Waals surface area contributed by atoms with Gasteiger partial charge in [0.2, 0.25) is 5.91 Å². The fourth-order valence-corrected chi connectivity index (χ4v) is 4.64. The Kier molecular flexibility index (Phi) is 5.68. The number of carbonyl (C=O) groups is 1. The molecule has 4 rings (SSSR count). The number of hydrogen-bond donors (Lipinski definition) is 0. The van der Waals surface area contributed by atoms with Crippen LogP contribution in [0.25, 0.3) is 10.9 Å². The molecule has 0 N–H and O–H groups in total. The number of aromatic nitrogens is 1. The van der Waals surface area contributed by atoms with Gasteiger partial charge in [0.05, 0.1) is 16.8 Å². The van der Waals surface area contributed by atoms with Gasteiger partial charge >= 0.3 is 0 Å². The van der Waals surface area contributed by atoms with E-state index in [4.69, 9.17) is 11.6 Å². The molecule has 1 amide bonds. The quantitative estimate of drug-likeness (QED) is 0.755. The average molecular weight is 397 g/mol. The van der Waals surface area contributed by atoms with Crippen LogP contribution in [0, 0.1) is 17.2 Å². The van der Waals surface area contributed by atoms with Crippen molar-refractivity contribution >= 4 is 34.1 Å². The number of rotatable bonds is 2. The lowest BCUT2D eigenvalue weighted by Crippen LogP contribution is -2.43. The molecule has 3 heterocycles. The van der Waals surface area contributed by atoms with Gasteiger partial charge in [0.15, 0.2) is 0 Å². The van der Waals surface area contributed by atoms with Gasteiger partial charge in [0.1, 0.15) is 6.07 Å². The fraction of sp³-hybridized carbons (Fsp3) is 0.500. The van der Waals surface area contributed by atoms with Gasteiger partial charge in [-0.25, -0.2) is 0 Å². The zero-order chi connectivity index (χ0) is 19.5. The van der Waals surface area contributed by atoms with Crippen molar-refractivity contribution in [3.05, 3.63) is 35.0 Å². The van der Waals surface area contributed by atoms with Crippen molar-refractivity contribution in [1.29, 1.82) is 5.26 Å². The van der Waals surface area contributed by atoms with Gasteiger partial charge in [0, 0.05) is 48.7 Å². The van der Waals surface area contributed by atoms with Gasteiger partial charge in [-0.1, -0.05) is 24.4 Å². The molecule has 0 aliphatic carbocycles. The summed E-state index contributed by atoms with van der Waals surface area (Å²) in [7, 11) is 0. The smallest absolute Gasteiger partial charge is 0.225 e. The van der Waals surface area contributed by atoms with Crippen molar-refractivity contribution in [3.8, 4) is 6.07 Å². The predicted molar refractivity (Wildman–Crippen MR) is 111 cm³/mol. The number of hydrogen-bond acceptors (Lipinski definition) is 4. The molecule has 5 nitrogen and oxygen atoms in total. The van der Waals surface area contributed by atoms with Crippen LogP contribution in [0.5, 0.6) is 0 Å². The van der Waals surface area contributed by atoms with Crippen LogP contribution in [0.4, 0.5) is 5.69 Å². The Hall–Kier alpha value is -2.32. The lowest BCUT2D eigenvalue weighted by Gasteiger charge is -2.36. The van der Waals surface area contributed by atoms with E-state index in [0.717, 1.165) is 68.5 Å². The molecule has 0 radical (unpaired) electrons. The van der Waals surface area contributed by atoms with Gasteiger partial charge in [-0.3, -0.25) is 9.78 Å². The van der Waals surface area contributed by atoms with Crippen LogP contribution in [-0.2, 0) is 4.79 Å². The molecule has 2 aliphatic rings. The minimum absolute atomic E-state index is 0.0941. The second kappa shape index (κ2) is 8.36. The fourth-order valence-electron chi connectivity index (χ4n) is 4.47. The van der Waals surface area contributed by atoms with Crippen LogP contribution in [0.1, 0.15) is 44.1 Å². The average Bonchev–Trinajstić information content (AvgIpc) is 3.02. The Morgan fingerprint density at radius 1 is 1.11 bits per heavy atom. The molecule has 2 saturated heterocycles. The molecule has 146 valence electrons. The van der Waals surface area contributed by atoms with Crippen LogP contribution in [0.15, 0.2) is 24.4 Å². The Labute approximate surface area is 170 Å². The van der Waals surface area contributed by atoms with Crippen molar-refractivity contribution in [2.45, 2.75) is 38.5 Å². The Bertz CT molecular complexity index is 907. The number of nitrogens with zero attached hydrogens (tertiary/aromatic N) is 4. The highest BCUT2D eigenvalue weighted by atomic mass is 35.5. The van der Waals surface area contributed by atoms with E-state index >= 15 is 0 Å². The van der Waals surface area contributed by atoms with Crippen molar-refractivity contribution in [2.24, 2.45) is 5.92 Å². The van der Waals surface area contributed by atoms with E-state index in [1.165, 1.54) is 12.8 Å². The maximum absolute atomic E-state index is 13.0. The molecule has 0 unspecified atom stereocenters. The van der Waals surface area contributed by atoms with Crippen LogP contribution in [-0.4, -0.2) is 42.0 Å². The summed E-state index contributed by atoms with van der Waals surface area (Å²) in [6.45, 7) is 3.35. The molecule has 2 aliphatic heterocycles. The highest BCUT2D eigenvalue weighted by Gasteiger charge is 2.30. The minimum Gasteiger partial charge on any atom is -0.370 e. The van der Waals surface area contributed by atoms with Gasteiger partial charge in [-0.2, -0.15) is 5.26 Å². The molecule has 1 aromatic heterocycles. The lowest BCUT2D eigenvalue weighted by molar-refractivity contribution is -0.136. The topological polar surface area (TPSA) is 60.2 Å². The van der Waals surface area contributed by atoms with Crippen molar-refractivity contribution in [3.63, 3.8) is 0 Å². The highest BCUT2D eigenvalue weighted by molar-refractivity contribution is 6.31. The van der Waals surface area contributed by atoms with Crippen molar-refractivity contribution in [1.82, 2.24) is 9.88 Å². The first-order valence-corrected chi connectivity index (χ1v) is 10.6. The molecule has 2 fully saturated rings. The molecule has 0 saturated carbocycles. The number of piperidine rings is 1. The number of pyridine rings is 1. The van der Waals surface area contributed by atoms with Gasteiger partial charge < -0.3 is 9.80 Å².